The lowest BCUT2D eigenvalue weighted by atomic mass is 9.88. The Kier molecular flexibility index (Phi) is 7.12. The normalized spacial score (nSPS) is 20.8. The van der Waals surface area contributed by atoms with Crippen molar-refractivity contribution in [3.05, 3.63) is 16.0 Å². The minimum absolute atomic E-state index is 0.0568. The van der Waals surface area contributed by atoms with Crippen LogP contribution in [0.25, 0.3) is 0 Å². The molecule has 1 saturated heterocycles. The minimum Gasteiger partial charge on any atom is -0.462 e. The van der Waals surface area contributed by atoms with Crippen LogP contribution in [-0.4, -0.2) is 68.1 Å². The summed E-state index contributed by atoms with van der Waals surface area (Å²) in [6, 6.07) is 0.434. The molecule has 0 saturated carbocycles. The standard InChI is InChI=1S/C21H33N3O3S/c1-5-27-21(26)19-16-7-6-14(2)12-17(16)28-20(19)22-18(25)13-24(4)15-8-10-23(3)11-9-15/h14-15H,5-13H2,1-4H3,(H,22,25)/t14-/m0/s1. The topological polar surface area (TPSA) is 61.9 Å². The van der Waals surface area contributed by atoms with Crippen LogP contribution in [0.15, 0.2) is 0 Å². The summed E-state index contributed by atoms with van der Waals surface area (Å²) in [6.45, 7) is 6.87. The Labute approximate surface area is 172 Å². The summed E-state index contributed by atoms with van der Waals surface area (Å²) in [5.74, 6) is 0.243. The van der Waals surface area contributed by atoms with Gasteiger partial charge < -0.3 is 15.0 Å². The highest BCUT2D eigenvalue weighted by molar-refractivity contribution is 7.17. The number of nitrogens with one attached hydrogen (secondary N) is 1. The number of likely N-dealkylation sites (tertiary alicyclic amines) is 1. The lowest BCUT2D eigenvalue weighted by molar-refractivity contribution is -0.117. The predicted octanol–water partition coefficient (Wildman–Crippen LogP) is 3.01. The molecule has 0 radical (unpaired) electrons. The van der Waals surface area contributed by atoms with Gasteiger partial charge in [-0.1, -0.05) is 6.92 Å². The van der Waals surface area contributed by atoms with E-state index in [9.17, 15) is 9.59 Å². The minimum atomic E-state index is -0.312. The molecular formula is C21H33N3O3S. The molecular weight excluding hydrogens is 374 g/mol. The molecule has 1 fully saturated rings. The number of amides is 1. The second-order valence-electron chi connectivity index (χ2n) is 8.27. The van der Waals surface area contributed by atoms with Gasteiger partial charge >= 0.3 is 5.97 Å². The second-order valence-corrected chi connectivity index (χ2v) is 9.38. The molecule has 0 spiro atoms. The van der Waals surface area contributed by atoms with Gasteiger partial charge in [-0.25, -0.2) is 4.79 Å². The monoisotopic (exact) mass is 407 g/mol. The smallest absolute Gasteiger partial charge is 0.341 e. The zero-order valence-corrected chi connectivity index (χ0v) is 18.4. The maximum absolute atomic E-state index is 12.7. The van der Waals surface area contributed by atoms with Gasteiger partial charge in [-0.2, -0.15) is 0 Å². The number of thiophene rings is 1. The van der Waals surface area contributed by atoms with Crippen LogP contribution in [0.4, 0.5) is 5.00 Å². The van der Waals surface area contributed by atoms with E-state index < -0.39 is 0 Å². The van der Waals surface area contributed by atoms with Gasteiger partial charge in [-0.05, 0) is 77.7 Å². The van der Waals surface area contributed by atoms with Crippen molar-refractivity contribution in [1.29, 1.82) is 0 Å². The highest BCUT2D eigenvalue weighted by Gasteiger charge is 2.29. The van der Waals surface area contributed by atoms with E-state index >= 15 is 0 Å². The molecule has 0 aromatic carbocycles. The van der Waals surface area contributed by atoms with Crippen LogP contribution in [0, 0.1) is 5.92 Å². The number of nitrogens with zero attached hydrogens (tertiary/aromatic N) is 2. The van der Waals surface area contributed by atoms with Gasteiger partial charge in [0, 0.05) is 10.9 Å². The summed E-state index contributed by atoms with van der Waals surface area (Å²) in [4.78, 5) is 31.0. The maximum atomic E-state index is 12.7. The van der Waals surface area contributed by atoms with Crippen LogP contribution in [-0.2, 0) is 22.4 Å². The van der Waals surface area contributed by atoms with E-state index in [2.05, 4.69) is 29.1 Å². The fourth-order valence-electron chi connectivity index (χ4n) is 4.22. The molecule has 3 rings (SSSR count). The number of fused-ring (bicyclic) bond motifs is 1. The van der Waals surface area contributed by atoms with Crippen molar-refractivity contribution in [2.45, 2.75) is 52.0 Å². The molecule has 1 aliphatic heterocycles. The van der Waals surface area contributed by atoms with Crippen molar-refractivity contribution in [1.82, 2.24) is 9.80 Å². The average Bonchev–Trinajstić information content (AvgIpc) is 2.98. The van der Waals surface area contributed by atoms with E-state index in [1.807, 2.05) is 14.0 Å². The zero-order chi connectivity index (χ0) is 20.3. The van der Waals surface area contributed by atoms with Crippen molar-refractivity contribution < 1.29 is 14.3 Å². The first-order valence-corrected chi connectivity index (χ1v) is 11.2. The Morgan fingerprint density at radius 3 is 2.68 bits per heavy atom. The van der Waals surface area contributed by atoms with Crippen molar-refractivity contribution in [2.75, 3.05) is 45.7 Å². The second kappa shape index (κ2) is 9.37. The van der Waals surface area contributed by atoms with Crippen LogP contribution in [0.2, 0.25) is 0 Å². The SMILES string of the molecule is CCOC(=O)c1c(NC(=O)CN(C)C2CCN(C)CC2)sc2c1CC[C@H](C)C2. The Hall–Kier alpha value is -1.44. The van der Waals surface area contributed by atoms with E-state index in [1.54, 1.807) is 11.3 Å². The largest absolute Gasteiger partial charge is 0.462 e. The highest BCUT2D eigenvalue weighted by atomic mass is 32.1. The number of esters is 1. The number of carbonyl (C=O) groups is 2. The summed E-state index contributed by atoms with van der Waals surface area (Å²) >= 11 is 1.55. The molecule has 1 N–H and O–H groups in total. The van der Waals surface area contributed by atoms with Gasteiger partial charge in [0.05, 0.1) is 18.7 Å². The van der Waals surface area contributed by atoms with Gasteiger partial charge in [0.25, 0.3) is 0 Å². The van der Waals surface area contributed by atoms with Crippen LogP contribution < -0.4 is 5.32 Å². The van der Waals surface area contributed by atoms with Crippen LogP contribution in [0.3, 0.4) is 0 Å². The first kappa shape index (κ1) is 21.3. The van der Waals surface area contributed by atoms with Crippen LogP contribution in [0.5, 0.6) is 0 Å². The number of likely N-dealkylation sites (N-methyl/N-ethyl adjacent to an activating group) is 1. The summed E-state index contributed by atoms with van der Waals surface area (Å²) in [7, 11) is 4.15. The lowest BCUT2D eigenvalue weighted by Gasteiger charge is -2.34. The number of ether oxygens (including phenoxy) is 1. The fourth-order valence-corrected chi connectivity index (χ4v) is 5.63. The van der Waals surface area contributed by atoms with Crippen LogP contribution >= 0.6 is 11.3 Å². The lowest BCUT2D eigenvalue weighted by Crippen LogP contribution is -2.44. The third-order valence-corrected chi connectivity index (χ3v) is 7.12. The number of piperidine rings is 1. The number of hydrogen-bond acceptors (Lipinski definition) is 6. The third kappa shape index (κ3) is 4.93. The summed E-state index contributed by atoms with van der Waals surface area (Å²) in [6.07, 6.45) is 5.09. The Bertz CT molecular complexity index is 710. The molecule has 2 aliphatic rings. The molecule has 2 heterocycles. The summed E-state index contributed by atoms with van der Waals surface area (Å²) in [5.41, 5.74) is 1.67. The molecule has 1 atom stereocenters. The first-order valence-electron chi connectivity index (χ1n) is 10.4. The molecule has 156 valence electrons. The van der Waals surface area contributed by atoms with Gasteiger partial charge in [-0.3, -0.25) is 9.69 Å². The molecule has 1 amide bonds. The van der Waals surface area contributed by atoms with Crippen molar-refractivity contribution in [3.8, 4) is 0 Å². The molecule has 1 aliphatic carbocycles. The molecule has 28 heavy (non-hydrogen) atoms. The van der Waals surface area contributed by atoms with Crippen molar-refractivity contribution in [3.63, 3.8) is 0 Å². The first-order chi connectivity index (χ1) is 13.4. The molecule has 0 unspecified atom stereocenters. The summed E-state index contributed by atoms with van der Waals surface area (Å²) < 4.78 is 5.29. The van der Waals surface area contributed by atoms with Crippen LogP contribution in [0.1, 0.15) is 53.9 Å². The summed E-state index contributed by atoms with van der Waals surface area (Å²) in [5, 5.41) is 3.69. The number of carbonyl (C=O) groups excluding carboxylic acids is 2. The van der Waals surface area contributed by atoms with Gasteiger partial charge in [0.2, 0.25) is 5.91 Å². The predicted molar refractivity (Wildman–Crippen MR) is 113 cm³/mol. The third-order valence-electron chi connectivity index (χ3n) is 5.95. The number of rotatable bonds is 6. The van der Waals surface area contributed by atoms with E-state index in [-0.39, 0.29) is 11.9 Å². The number of hydrogen-bond donors (Lipinski definition) is 1. The van der Waals surface area contributed by atoms with Gasteiger partial charge in [0.1, 0.15) is 5.00 Å². The van der Waals surface area contributed by atoms with E-state index in [4.69, 9.17) is 4.74 Å². The van der Waals surface area contributed by atoms with Crippen molar-refractivity contribution in [2.24, 2.45) is 5.92 Å². The van der Waals surface area contributed by atoms with Gasteiger partial charge in [-0.15, -0.1) is 11.3 Å². The maximum Gasteiger partial charge on any atom is 0.341 e. The van der Waals surface area contributed by atoms with Crippen molar-refractivity contribution >= 4 is 28.2 Å². The number of anilines is 1. The van der Waals surface area contributed by atoms with E-state index in [0.717, 1.165) is 50.8 Å². The molecule has 6 nitrogen and oxygen atoms in total. The van der Waals surface area contributed by atoms with Gasteiger partial charge in [0.15, 0.2) is 0 Å². The Morgan fingerprint density at radius 1 is 1.29 bits per heavy atom. The fraction of sp³-hybridized carbons (Fsp3) is 0.714. The molecule has 0 bridgehead atoms. The molecule has 1 aromatic heterocycles. The molecule has 1 aromatic rings. The Morgan fingerprint density at radius 2 is 2.00 bits per heavy atom. The quantitative estimate of drug-likeness (QED) is 0.735. The Balaban J connectivity index is 1.70. The molecule has 7 heteroatoms. The van der Waals surface area contributed by atoms with E-state index in [0.29, 0.717) is 35.7 Å². The van der Waals surface area contributed by atoms with E-state index in [1.165, 1.54) is 4.88 Å². The average molecular weight is 408 g/mol. The highest BCUT2D eigenvalue weighted by Crippen LogP contribution is 2.40. The zero-order valence-electron chi connectivity index (χ0n) is 17.5.